The third kappa shape index (κ3) is 2.79. The van der Waals surface area contributed by atoms with Crippen molar-refractivity contribution >= 4 is 11.9 Å². The van der Waals surface area contributed by atoms with E-state index < -0.39 is 5.54 Å². The molecule has 0 aromatic heterocycles. The first-order chi connectivity index (χ1) is 7.80. The van der Waals surface area contributed by atoms with Gasteiger partial charge in [0.25, 0.3) is 0 Å². The number of esters is 1. The molecule has 1 aliphatic heterocycles. The van der Waals surface area contributed by atoms with Crippen LogP contribution in [0.2, 0.25) is 0 Å². The van der Waals surface area contributed by atoms with Gasteiger partial charge in [0.1, 0.15) is 0 Å². The van der Waals surface area contributed by atoms with Gasteiger partial charge in [-0.05, 0) is 26.2 Å². The monoisotopic (exact) mass is 241 g/mol. The predicted octanol–water partition coefficient (Wildman–Crippen LogP) is 1.83. The fourth-order valence-electron chi connectivity index (χ4n) is 2.36. The number of carbonyl (C=O) groups is 2. The van der Waals surface area contributed by atoms with Crippen LogP contribution in [0.1, 0.15) is 40.5 Å². The van der Waals surface area contributed by atoms with Crippen LogP contribution in [0.3, 0.4) is 0 Å². The van der Waals surface area contributed by atoms with E-state index in [0.29, 0.717) is 5.92 Å². The number of amides is 1. The Morgan fingerprint density at radius 1 is 1.53 bits per heavy atom. The minimum atomic E-state index is -0.431. The second kappa shape index (κ2) is 5.07. The molecule has 1 saturated heterocycles. The lowest BCUT2D eigenvalue weighted by atomic mass is 9.88. The van der Waals surface area contributed by atoms with Gasteiger partial charge >= 0.3 is 5.97 Å². The fourth-order valence-corrected chi connectivity index (χ4v) is 2.36. The van der Waals surface area contributed by atoms with E-state index in [1.54, 1.807) is 0 Å². The first-order valence-corrected chi connectivity index (χ1v) is 6.19. The predicted molar refractivity (Wildman–Crippen MR) is 65.4 cm³/mol. The Labute approximate surface area is 103 Å². The van der Waals surface area contributed by atoms with Crippen LogP contribution in [-0.4, -0.2) is 36.0 Å². The highest BCUT2D eigenvalue weighted by molar-refractivity contribution is 5.88. The molecule has 4 heteroatoms. The molecule has 1 atom stereocenters. The summed E-state index contributed by atoms with van der Waals surface area (Å²) in [5, 5.41) is 0. The van der Waals surface area contributed by atoms with E-state index >= 15 is 0 Å². The SMILES string of the molecule is COC(=O)C1CC(=O)N(CCC(C)C)C1(C)C. The Kier molecular flexibility index (Phi) is 4.17. The molecule has 0 spiro atoms. The molecular weight excluding hydrogens is 218 g/mol. The van der Waals surface area contributed by atoms with Crippen LogP contribution in [0.25, 0.3) is 0 Å². The van der Waals surface area contributed by atoms with Gasteiger partial charge in [-0.15, -0.1) is 0 Å². The average molecular weight is 241 g/mol. The molecule has 0 bridgehead atoms. The molecule has 0 aliphatic carbocycles. The van der Waals surface area contributed by atoms with Gasteiger partial charge < -0.3 is 9.64 Å². The molecule has 0 N–H and O–H groups in total. The van der Waals surface area contributed by atoms with E-state index in [4.69, 9.17) is 4.74 Å². The van der Waals surface area contributed by atoms with Crippen LogP contribution in [0, 0.1) is 11.8 Å². The quantitative estimate of drug-likeness (QED) is 0.705. The van der Waals surface area contributed by atoms with Crippen molar-refractivity contribution < 1.29 is 14.3 Å². The zero-order valence-electron chi connectivity index (χ0n) is 11.4. The molecule has 17 heavy (non-hydrogen) atoms. The zero-order chi connectivity index (χ0) is 13.2. The first kappa shape index (κ1) is 14.0. The highest BCUT2D eigenvalue weighted by Gasteiger charge is 2.49. The summed E-state index contributed by atoms with van der Waals surface area (Å²) in [6.07, 6.45) is 1.24. The lowest BCUT2D eigenvalue weighted by Gasteiger charge is -2.35. The van der Waals surface area contributed by atoms with Crippen LogP contribution in [0.4, 0.5) is 0 Å². The fraction of sp³-hybridized carbons (Fsp3) is 0.846. The van der Waals surface area contributed by atoms with E-state index in [-0.39, 0.29) is 24.2 Å². The van der Waals surface area contributed by atoms with E-state index in [1.165, 1.54) is 7.11 Å². The van der Waals surface area contributed by atoms with Crippen LogP contribution in [0.5, 0.6) is 0 Å². The van der Waals surface area contributed by atoms with Crippen LogP contribution >= 0.6 is 0 Å². The molecule has 0 saturated carbocycles. The Hall–Kier alpha value is -1.06. The molecule has 1 rings (SSSR count). The second-order valence-electron chi connectivity index (χ2n) is 5.66. The number of nitrogens with zero attached hydrogens (tertiary/aromatic N) is 1. The van der Waals surface area contributed by atoms with E-state index in [2.05, 4.69) is 13.8 Å². The van der Waals surface area contributed by atoms with Crippen molar-refractivity contribution in [3.63, 3.8) is 0 Å². The summed E-state index contributed by atoms with van der Waals surface area (Å²) >= 11 is 0. The first-order valence-electron chi connectivity index (χ1n) is 6.19. The third-order valence-electron chi connectivity index (χ3n) is 3.64. The molecule has 1 unspecified atom stereocenters. The Morgan fingerprint density at radius 3 is 2.59 bits per heavy atom. The van der Waals surface area contributed by atoms with Gasteiger partial charge in [-0.3, -0.25) is 9.59 Å². The van der Waals surface area contributed by atoms with Gasteiger partial charge in [-0.1, -0.05) is 13.8 Å². The minimum absolute atomic E-state index is 0.0612. The lowest BCUT2D eigenvalue weighted by molar-refractivity contribution is -0.148. The van der Waals surface area contributed by atoms with Gasteiger partial charge in [0.15, 0.2) is 0 Å². The van der Waals surface area contributed by atoms with E-state index in [0.717, 1.165) is 13.0 Å². The number of likely N-dealkylation sites (tertiary alicyclic amines) is 1. The standard InChI is InChI=1S/C13H23NO3/c1-9(2)6-7-14-11(15)8-10(12(16)17-5)13(14,3)4/h9-10H,6-8H2,1-5H3. The number of rotatable bonds is 4. The summed E-state index contributed by atoms with van der Waals surface area (Å²) in [5.41, 5.74) is -0.431. The van der Waals surface area contributed by atoms with Gasteiger partial charge in [-0.2, -0.15) is 0 Å². The third-order valence-corrected chi connectivity index (χ3v) is 3.64. The van der Waals surface area contributed by atoms with Gasteiger partial charge in [0, 0.05) is 13.0 Å². The highest BCUT2D eigenvalue weighted by Crippen LogP contribution is 2.36. The highest BCUT2D eigenvalue weighted by atomic mass is 16.5. The maximum atomic E-state index is 12.0. The minimum Gasteiger partial charge on any atom is -0.469 e. The molecule has 98 valence electrons. The summed E-state index contributed by atoms with van der Waals surface area (Å²) in [6, 6.07) is 0. The largest absolute Gasteiger partial charge is 0.469 e. The van der Waals surface area contributed by atoms with Gasteiger partial charge in [0.05, 0.1) is 18.6 Å². The van der Waals surface area contributed by atoms with Gasteiger partial charge in [-0.25, -0.2) is 0 Å². The number of hydrogen-bond donors (Lipinski definition) is 0. The van der Waals surface area contributed by atoms with Crippen molar-refractivity contribution in [3.8, 4) is 0 Å². The molecule has 1 fully saturated rings. The number of methoxy groups -OCH3 is 1. The normalized spacial score (nSPS) is 23.3. The number of carbonyl (C=O) groups excluding carboxylic acids is 2. The lowest BCUT2D eigenvalue weighted by Crippen LogP contribution is -2.47. The summed E-state index contributed by atoms with van der Waals surface area (Å²) in [6.45, 7) is 8.87. The van der Waals surface area contributed by atoms with Crippen molar-refractivity contribution in [2.75, 3.05) is 13.7 Å². The maximum Gasteiger partial charge on any atom is 0.311 e. The Balaban J connectivity index is 2.79. The molecular formula is C13H23NO3. The Morgan fingerprint density at radius 2 is 2.12 bits per heavy atom. The topological polar surface area (TPSA) is 46.6 Å². The smallest absolute Gasteiger partial charge is 0.311 e. The summed E-state index contributed by atoms with van der Waals surface area (Å²) in [5.74, 6) is -0.00983. The summed E-state index contributed by atoms with van der Waals surface area (Å²) in [4.78, 5) is 25.4. The van der Waals surface area contributed by atoms with Crippen molar-refractivity contribution in [2.24, 2.45) is 11.8 Å². The molecule has 0 radical (unpaired) electrons. The number of ether oxygens (including phenoxy) is 1. The summed E-state index contributed by atoms with van der Waals surface area (Å²) in [7, 11) is 1.37. The zero-order valence-corrected chi connectivity index (χ0v) is 11.4. The molecule has 1 heterocycles. The van der Waals surface area contributed by atoms with E-state index in [1.807, 2.05) is 18.7 Å². The van der Waals surface area contributed by atoms with Crippen LogP contribution < -0.4 is 0 Å². The van der Waals surface area contributed by atoms with Gasteiger partial charge in [0.2, 0.25) is 5.91 Å². The molecule has 1 amide bonds. The molecule has 1 aliphatic rings. The maximum absolute atomic E-state index is 12.0. The van der Waals surface area contributed by atoms with Crippen molar-refractivity contribution in [2.45, 2.75) is 46.1 Å². The molecule has 0 aromatic carbocycles. The van der Waals surface area contributed by atoms with Crippen LogP contribution in [-0.2, 0) is 14.3 Å². The number of hydrogen-bond acceptors (Lipinski definition) is 3. The average Bonchev–Trinajstić information content (AvgIpc) is 2.45. The molecule has 4 nitrogen and oxygen atoms in total. The van der Waals surface area contributed by atoms with Crippen molar-refractivity contribution in [3.05, 3.63) is 0 Å². The van der Waals surface area contributed by atoms with Crippen molar-refractivity contribution in [1.29, 1.82) is 0 Å². The van der Waals surface area contributed by atoms with Crippen molar-refractivity contribution in [1.82, 2.24) is 4.90 Å². The van der Waals surface area contributed by atoms with E-state index in [9.17, 15) is 9.59 Å². The Bertz CT molecular complexity index is 310. The molecule has 0 aromatic rings. The van der Waals surface area contributed by atoms with Crippen LogP contribution in [0.15, 0.2) is 0 Å². The summed E-state index contributed by atoms with van der Waals surface area (Å²) < 4.78 is 4.77. The second-order valence-corrected chi connectivity index (χ2v) is 5.66.